The quantitative estimate of drug-likeness (QED) is 0.804. The summed E-state index contributed by atoms with van der Waals surface area (Å²) in [6.07, 6.45) is -2.88. The van der Waals surface area contributed by atoms with Gasteiger partial charge in [-0.15, -0.1) is 0 Å². The van der Waals surface area contributed by atoms with Crippen LogP contribution in [0.2, 0.25) is 0 Å². The van der Waals surface area contributed by atoms with E-state index in [1.165, 1.54) is 24.3 Å². The normalized spacial score (nSPS) is 15.6. The maximum absolute atomic E-state index is 13.8. The lowest BCUT2D eigenvalue weighted by Gasteiger charge is -2.31. The second-order valence-corrected chi connectivity index (χ2v) is 8.52. The molecule has 2 aromatic rings. The van der Waals surface area contributed by atoms with Crippen LogP contribution in [-0.4, -0.2) is 34.6 Å². The fraction of sp³-hybridized carbons (Fsp3) is 0.294. The lowest BCUT2D eigenvalue weighted by molar-refractivity contribution is 0.148. The fourth-order valence-corrected chi connectivity index (χ4v) is 4.66. The highest BCUT2D eigenvalue weighted by Gasteiger charge is 2.29. The summed E-state index contributed by atoms with van der Waals surface area (Å²) in [5.41, 5.74) is -0.137. The summed E-state index contributed by atoms with van der Waals surface area (Å²) in [4.78, 5) is 1.47. The van der Waals surface area contributed by atoms with Crippen molar-refractivity contribution in [1.82, 2.24) is 5.32 Å². The molecule has 25 heavy (non-hydrogen) atoms. The van der Waals surface area contributed by atoms with Gasteiger partial charge in [0.25, 0.3) is 6.43 Å². The summed E-state index contributed by atoms with van der Waals surface area (Å²) in [5.74, 6) is 0. The smallest absolute Gasteiger partial charge is 0.267 e. The number of benzene rings is 2. The maximum Gasteiger partial charge on any atom is 0.267 e. The third-order valence-corrected chi connectivity index (χ3v) is 6.49. The minimum Gasteiger partial charge on any atom is -0.369 e. The molecule has 134 valence electrons. The Balaban J connectivity index is 2.13. The van der Waals surface area contributed by atoms with Gasteiger partial charge < -0.3 is 10.2 Å². The molecule has 0 spiro atoms. The van der Waals surface area contributed by atoms with Gasteiger partial charge >= 0.3 is 0 Å². The first-order chi connectivity index (χ1) is 11.9. The van der Waals surface area contributed by atoms with Gasteiger partial charge in [-0.25, -0.2) is 17.2 Å². The van der Waals surface area contributed by atoms with Crippen LogP contribution < -0.4 is 10.2 Å². The Kier molecular flexibility index (Phi) is 5.41. The van der Waals surface area contributed by atoms with Crippen molar-refractivity contribution in [2.45, 2.75) is 16.2 Å². The lowest BCUT2D eigenvalue weighted by atomic mass is 10.1. The van der Waals surface area contributed by atoms with Gasteiger partial charge in [0, 0.05) is 36.3 Å². The summed E-state index contributed by atoms with van der Waals surface area (Å²) in [7, 11) is -4.04. The molecule has 1 fully saturated rings. The maximum atomic E-state index is 13.8. The van der Waals surface area contributed by atoms with Crippen molar-refractivity contribution in [3.8, 4) is 0 Å². The van der Waals surface area contributed by atoms with E-state index in [9.17, 15) is 17.2 Å². The second-order valence-electron chi connectivity index (χ2n) is 5.68. The minimum atomic E-state index is -4.04. The van der Waals surface area contributed by atoms with Crippen molar-refractivity contribution in [1.29, 1.82) is 0 Å². The van der Waals surface area contributed by atoms with E-state index in [0.717, 1.165) is 4.47 Å². The lowest BCUT2D eigenvalue weighted by Crippen LogP contribution is -2.44. The van der Waals surface area contributed by atoms with Gasteiger partial charge in [0.15, 0.2) is 0 Å². The van der Waals surface area contributed by atoms with Crippen molar-refractivity contribution in [3.63, 3.8) is 0 Å². The van der Waals surface area contributed by atoms with Gasteiger partial charge in [0.1, 0.15) is 0 Å². The number of hydrogen-bond acceptors (Lipinski definition) is 4. The Labute approximate surface area is 153 Å². The number of rotatable bonds is 4. The number of alkyl halides is 2. The molecule has 8 heteroatoms. The molecular weight excluding hydrogens is 414 g/mol. The highest BCUT2D eigenvalue weighted by atomic mass is 79.9. The SMILES string of the molecule is O=S(=O)(c1ccc(Br)cc1)c1cccc(N2CCNCC2)c1C(F)F. The van der Waals surface area contributed by atoms with E-state index < -0.39 is 21.8 Å². The molecule has 0 aliphatic carbocycles. The minimum absolute atomic E-state index is 0.00457. The van der Waals surface area contributed by atoms with E-state index in [4.69, 9.17) is 0 Å². The predicted molar refractivity (Wildman–Crippen MR) is 96.1 cm³/mol. The number of nitrogens with one attached hydrogen (secondary N) is 1. The Morgan fingerprint density at radius 2 is 1.68 bits per heavy atom. The molecule has 1 aliphatic heterocycles. The molecule has 3 rings (SSSR count). The predicted octanol–water partition coefficient (Wildman–Crippen LogP) is 3.63. The zero-order valence-electron chi connectivity index (χ0n) is 13.3. The van der Waals surface area contributed by atoms with E-state index in [2.05, 4.69) is 21.2 Å². The zero-order valence-corrected chi connectivity index (χ0v) is 15.7. The van der Waals surface area contributed by atoms with Crippen LogP contribution in [-0.2, 0) is 9.84 Å². The topological polar surface area (TPSA) is 49.4 Å². The van der Waals surface area contributed by atoms with Crippen molar-refractivity contribution >= 4 is 31.5 Å². The van der Waals surface area contributed by atoms with Crippen LogP contribution in [0.5, 0.6) is 0 Å². The summed E-state index contributed by atoms with van der Waals surface area (Å²) in [6.45, 7) is 2.46. The number of hydrogen-bond donors (Lipinski definition) is 1. The Hall–Kier alpha value is -1.51. The number of nitrogens with zero attached hydrogens (tertiary/aromatic N) is 1. The average molecular weight is 431 g/mol. The molecule has 0 amide bonds. The molecule has 0 radical (unpaired) electrons. The van der Waals surface area contributed by atoms with E-state index in [-0.39, 0.29) is 15.5 Å². The van der Waals surface area contributed by atoms with Crippen LogP contribution in [0.3, 0.4) is 0 Å². The molecule has 0 saturated carbocycles. The highest BCUT2D eigenvalue weighted by molar-refractivity contribution is 9.10. The van der Waals surface area contributed by atoms with Crippen molar-refractivity contribution in [2.75, 3.05) is 31.1 Å². The first-order valence-electron chi connectivity index (χ1n) is 7.78. The van der Waals surface area contributed by atoms with E-state index in [1.54, 1.807) is 23.1 Å². The largest absolute Gasteiger partial charge is 0.369 e. The molecule has 0 unspecified atom stereocenters. The first-order valence-corrected chi connectivity index (χ1v) is 10.1. The van der Waals surface area contributed by atoms with Gasteiger partial charge in [0.2, 0.25) is 9.84 Å². The number of halogens is 3. The first kappa shape index (κ1) is 18.3. The fourth-order valence-electron chi connectivity index (χ4n) is 2.91. The van der Waals surface area contributed by atoms with Crippen LogP contribution in [0.4, 0.5) is 14.5 Å². The molecule has 1 N–H and O–H groups in total. The summed E-state index contributed by atoms with van der Waals surface area (Å²) < 4.78 is 54.2. The number of anilines is 1. The van der Waals surface area contributed by atoms with E-state index in [1.807, 2.05) is 0 Å². The molecule has 2 aromatic carbocycles. The third kappa shape index (κ3) is 3.70. The Bertz CT molecular complexity index is 851. The van der Waals surface area contributed by atoms with Crippen LogP contribution in [0.25, 0.3) is 0 Å². The molecule has 1 aliphatic rings. The summed E-state index contributed by atoms with van der Waals surface area (Å²) in [6, 6.07) is 10.3. The van der Waals surface area contributed by atoms with Crippen LogP contribution in [0.1, 0.15) is 12.0 Å². The van der Waals surface area contributed by atoms with Gasteiger partial charge in [-0.2, -0.15) is 0 Å². The van der Waals surface area contributed by atoms with Gasteiger partial charge in [-0.1, -0.05) is 22.0 Å². The molecule has 0 aromatic heterocycles. The van der Waals surface area contributed by atoms with Crippen molar-refractivity contribution in [2.24, 2.45) is 0 Å². The van der Waals surface area contributed by atoms with Crippen LogP contribution in [0.15, 0.2) is 56.7 Å². The summed E-state index contributed by atoms with van der Waals surface area (Å²) >= 11 is 3.24. The molecule has 1 saturated heterocycles. The molecule has 0 bridgehead atoms. The molecule has 1 heterocycles. The molecule has 0 atom stereocenters. The van der Waals surface area contributed by atoms with Gasteiger partial charge in [0.05, 0.1) is 15.4 Å². The van der Waals surface area contributed by atoms with Crippen molar-refractivity contribution in [3.05, 3.63) is 52.5 Å². The second kappa shape index (κ2) is 7.39. The Morgan fingerprint density at radius 3 is 2.28 bits per heavy atom. The van der Waals surface area contributed by atoms with Crippen LogP contribution >= 0.6 is 15.9 Å². The van der Waals surface area contributed by atoms with Crippen LogP contribution in [0, 0.1) is 0 Å². The third-order valence-electron chi connectivity index (χ3n) is 4.13. The number of piperazine rings is 1. The molecule has 4 nitrogen and oxygen atoms in total. The number of sulfone groups is 1. The summed E-state index contributed by atoms with van der Waals surface area (Å²) in [5, 5.41) is 3.16. The average Bonchev–Trinajstić information content (AvgIpc) is 2.62. The van der Waals surface area contributed by atoms with E-state index in [0.29, 0.717) is 26.2 Å². The zero-order chi connectivity index (χ0) is 18.0. The monoisotopic (exact) mass is 430 g/mol. The Morgan fingerprint density at radius 1 is 1.04 bits per heavy atom. The molecular formula is C17H17BrF2N2O2S. The standard InChI is InChI=1S/C17H17BrF2N2O2S/c18-12-4-6-13(7-5-12)25(23,24)15-3-1-2-14(16(15)17(19)20)22-10-8-21-9-11-22/h1-7,17,21H,8-11H2. The van der Waals surface area contributed by atoms with Gasteiger partial charge in [-0.3, -0.25) is 0 Å². The van der Waals surface area contributed by atoms with E-state index >= 15 is 0 Å². The van der Waals surface area contributed by atoms with Gasteiger partial charge in [-0.05, 0) is 36.4 Å². The highest BCUT2D eigenvalue weighted by Crippen LogP contribution is 2.37. The van der Waals surface area contributed by atoms with Crippen molar-refractivity contribution < 1.29 is 17.2 Å².